The highest BCUT2D eigenvalue weighted by Crippen LogP contribution is 2.31. The van der Waals surface area contributed by atoms with Crippen LogP contribution in [0.25, 0.3) is 10.8 Å². The van der Waals surface area contributed by atoms with E-state index in [1.165, 1.54) is 30.5 Å². The molecule has 0 saturated heterocycles. The van der Waals surface area contributed by atoms with Crippen LogP contribution in [0.2, 0.25) is 0 Å². The van der Waals surface area contributed by atoms with Crippen LogP contribution in [0.4, 0.5) is 4.39 Å². The number of nitrogens with zero attached hydrogens (tertiary/aromatic N) is 1. The third kappa shape index (κ3) is 3.91. The van der Waals surface area contributed by atoms with Gasteiger partial charge in [-0.1, -0.05) is 13.3 Å². The van der Waals surface area contributed by atoms with Crippen molar-refractivity contribution in [3.8, 4) is 17.2 Å². The van der Waals surface area contributed by atoms with E-state index in [0.29, 0.717) is 28.9 Å². The van der Waals surface area contributed by atoms with Gasteiger partial charge in [0.05, 0.1) is 6.61 Å². The molecule has 1 heterocycles. The van der Waals surface area contributed by atoms with Crippen LogP contribution < -0.4 is 4.74 Å². The molecule has 0 bridgehead atoms. The molecule has 0 fully saturated rings. The van der Waals surface area contributed by atoms with Gasteiger partial charge in [0.15, 0.2) is 11.4 Å². The minimum absolute atomic E-state index is 0.110. The molecule has 3 rings (SSSR count). The Morgan fingerprint density at radius 2 is 1.88 bits per heavy atom. The molecule has 5 nitrogen and oxygen atoms in total. The summed E-state index contributed by atoms with van der Waals surface area (Å²) in [6.07, 6.45) is 3.13. The van der Waals surface area contributed by atoms with Crippen molar-refractivity contribution < 1.29 is 23.8 Å². The second-order valence-corrected chi connectivity index (χ2v) is 5.75. The molecular formula is C20H18FNO4. The summed E-state index contributed by atoms with van der Waals surface area (Å²) >= 11 is 0. The number of benzene rings is 2. The Kier molecular flexibility index (Phi) is 5.31. The van der Waals surface area contributed by atoms with E-state index < -0.39 is 5.97 Å². The molecule has 0 amide bonds. The quantitative estimate of drug-likeness (QED) is 0.507. The van der Waals surface area contributed by atoms with Gasteiger partial charge in [-0.15, -0.1) is 0 Å². The maximum absolute atomic E-state index is 12.9. The van der Waals surface area contributed by atoms with Crippen LogP contribution in [-0.4, -0.2) is 22.7 Å². The van der Waals surface area contributed by atoms with E-state index in [1.807, 2.05) is 6.92 Å². The molecule has 0 unspecified atom stereocenters. The first-order valence-electron chi connectivity index (χ1n) is 8.30. The molecule has 0 saturated carbocycles. The van der Waals surface area contributed by atoms with Crippen LogP contribution in [0.15, 0.2) is 48.7 Å². The monoisotopic (exact) mass is 355 g/mol. The zero-order valence-electron chi connectivity index (χ0n) is 14.2. The van der Waals surface area contributed by atoms with E-state index in [0.717, 1.165) is 12.8 Å². The number of hydrogen-bond donors (Lipinski definition) is 1. The third-order valence-corrected chi connectivity index (χ3v) is 3.81. The predicted octanol–water partition coefficient (Wildman–Crippen LogP) is 4.83. The lowest BCUT2D eigenvalue weighted by Gasteiger charge is -2.10. The number of unbranched alkanes of at least 4 members (excludes halogenated alkanes) is 1. The largest absolute Gasteiger partial charge is 0.505 e. The van der Waals surface area contributed by atoms with E-state index in [-0.39, 0.29) is 17.3 Å². The Hall–Kier alpha value is -3.15. The van der Waals surface area contributed by atoms with Gasteiger partial charge >= 0.3 is 5.97 Å². The molecule has 0 radical (unpaired) electrons. The smallest absolute Gasteiger partial charge is 0.360 e. The number of carbonyl (C=O) groups is 1. The molecule has 0 aliphatic carbocycles. The third-order valence-electron chi connectivity index (χ3n) is 3.81. The first-order valence-corrected chi connectivity index (χ1v) is 8.30. The van der Waals surface area contributed by atoms with Crippen molar-refractivity contribution in [1.82, 2.24) is 4.98 Å². The second-order valence-electron chi connectivity index (χ2n) is 5.75. The van der Waals surface area contributed by atoms with Crippen molar-refractivity contribution in [2.75, 3.05) is 6.61 Å². The lowest BCUT2D eigenvalue weighted by atomic mass is 10.1. The molecule has 6 heteroatoms. The number of ether oxygens (including phenoxy) is 2. The highest BCUT2D eigenvalue weighted by molar-refractivity contribution is 5.99. The maximum Gasteiger partial charge on any atom is 0.360 e. The number of rotatable bonds is 6. The summed E-state index contributed by atoms with van der Waals surface area (Å²) in [5, 5.41) is 11.4. The van der Waals surface area contributed by atoms with Crippen molar-refractivity contribution in [1.29, 1.82) is 0 Å². The SMILES string of the molecule is CCCCOC(=O)c1ncc2cc(Oc3ccc(F)cc3)ccc2c1O. The van der Waals surface area contributed by atoms with Gasteiger partial charge in [-0.05, 0) is 48.9 Å². The first kappa shape index (κ1) is 17.7. The fourth-order valence-electron chi connectivity index (χ4n) is 2.42. The Bertz CT molecular complexity index is 925. The van der Waals surface area contributed by atoms with E-state index in [2.05, 4.69) is 4.98 Å². The van der Waals surface area contributed by atoms with Crippen LogP contribution in [0.3, 0.4) is 0 Å². The zero-order chi connectivity index (χ0) is 18.5. The van der Waals surface area contributed by atoms with Crippen molar-refractivity contribution in [3.05, 3.63) is 60.2 Å². The highest BCUT2D eigenvalue weighted by Gasteiger charge is 2.17. The van der Waals surface area contributed by atoms with Gasteiger partial charge in [0.2, 0.25) is 0 Å². The zero-order valence-corrected chi connectivity index (χ0v) is 14.2. The van der Waals surface area contributed by atoms with Crippen molar-refractivity contribution in [2.45, 2.75) is 19.8 Å². The molecule has 0 aliphatic heterocycles. The van der Waals surface area contributed by atoms with Gasteiger partial charge < -0.3 is 14.6 Å². The van der Waals surface area contributed by atoms with Gasteiger partial charge in [0, 0.05) is 17.0 Å². The molecular weight excluding hydrogens is 337 g/mol. The lowest BCUT2D eigenvalue weighted by molar-refractivity contribution is 0.0489. The van der Waals surface area contributed by atoms with Crippen molar-refractivity contribution in [3.63, 3.8) is 0 Å². The molecule has 2 aromatic carbocycles. The predicted molar refractivity (Wildman–Crippen MR) is 95.1 cm³/mol. The van der Waals surface area contributed by atoms with Crippen LogP contribution in [0, 0.1) is 5.82 Å². The second kappa shape index (κ2) is 7.82. The Morgan fingerprint density at radius 1 is 1.15 bits per heavy atom. The van der Waals surface area contributed by atoms with Crippen molar-refractivity contribution in [2.24, 2.45) is 0 Å². The Morgan fingerprint density at radius 3 is 2.62 bits per heavy atom. The summed E-state index contributed by atoms with van der Waals surface area (Å²) in [7, 11) is 0. The standard InChI is InChI=1S/C20H18FNO4/c1-2-3-10-25-20(24)18-19(23)17-9-8-16(11-13(17)12-22-18)26-15-6-4-14(21)5-7-15/h4-9,11-12,23H,2-3,10H2,1H3. The van der Waals surface area contributed by atoms with Gasteiger partial charge in [-0.25, -0.2) is 14.2 Å². The molecule has 0 atom stereocenters. The molecule has 3 aromatic rings. The highest BCUT2D eigenvalue weighted by atomic mass is 19.1. The van der Waals surface area contributed by atoms with Gasteiger partial charge in [0.1, 0.15) is 17.3 Å². The number of fused-ring (bicyclic) bond motifs is 1. The van der Waals surface area contributed by atoms with Crippen LogP contribution in [0.1, 0.15) is 30.3 Å². The molecule has 26 heavy (non-hydrogen) atoms. The summed E-state index contributed by atoms with van der Waals surface area (Å²) < 4.78 is 23.7. The number of aromatic nitrogens is 1. The number of aromatic hydroxyl groups is 1. The first-order chi connectivity index (χ1) is 12.6. The van der Waals surface area contributed by atoms with Gasteiger partial charge in [-0.2, -0.15) is 0 Å². The minimum atomic E-state index is -0.649. The van der Waals surface area contributed by atoms with E-state index >= 15 is 0 Å². The average molecular weight is 355 g/mol. The number of carbonyl (C=O) groups excluding carboxylic acids is 1. The van der Waals surface area contributed by atoms with E-state index in [4.69, 9.17) is 9.47 Å². The fraction of sp³-hybridized carbons (Fsp3) is 0.200. The summed E-state index contributed by atoms with van der Waals surface area (Å²) in [6.45, 7) is 2.28. The molecule has 0 spiro atoms. The maximum atomic E-state index is 12.9. The van der Waals surface area contributed by atoms with Crippen LogP contribution in [-0.2, 0) is 4.74 Å². The summed E-state index contributed by atoms with van der Waals surface area (Å²) in [4.78, 5) is 16.0. The Balaban J connectivity index is 1.83. The summed E-state index contributed by atoms with van der Waals surface area (Å²) in [5.74, 6) is -0.229. The lowest BCUT2D eigenvalue weighted by Crippen LogP contribution is -2.08. The van der Waals surface area contributed by atoms with Gasteiger partial charge in [0.25, 0.3) is 0 Å². The number of esters is 1. The topological polar surface area (TPSA) is 68.7 Å². The van der Waals surface area contributed by atoms with Gasteiger partial charge in [-0.3, -0.25) is 0 Å². The van der Waals surface area contributed by atoms with Crippen molar-refractivity contribution >= 4 is 16.7 Å². The minimum Gasteiger partial charge on any atom is -0.505 e. The summed E-state index contributed by atoms with van der Waals surface area (Å²) in [6, 6.07) is 10.6. The number of halogens is 1. The van der Waals surface area contributed by atoms with Crippen LogP contribution >= 0.6 is 0 Å². The number of pyridine rings is 1. The number of hydrogen-bond acceptors (Lipinski definition) is 5. The molecule has 1 N–H and O–H groups in total. The van der Waals surface area contributed by atoms with Crippen LogP contribution in [0.5, 0.6) is 17.2 Å². The van der Waals surface area contributed by atoms with E-state index in [1.54, 1.807) is 18.2 Å². The normalized spacial score (nSPS) is 10.7. The van der Waals surface area contributed by atoms with E-state index in [9.17, 15) is 14.3 Å². The average Bonchev–Trinajstić information content (AvgIpc) is 2.64. The molecule has 1 aromatic heterocycles. The molecule has 134 valence electrons. The Labute approximate surface area is 150 Å². The molecule has 0 aliphatic rings. The fourth-order valence-corrected chi connectivity index (χ4v) is 2.42. The summed E-state index contributed by atoms with van der Waals surface area (Å²) in [5.41, 5.74) is -0.110.